The van der Waals surface area contributed by atoms with Crippen LogP contribution in [0.2, 0.25) is 0 Å². The highest BCUT2D eigenvalue weighted by Gasteiger charge is 2.42. The summed E-state index contributed by atoms with van der Waals surface area (Å²) in [6.07, 6.45) is 3.22. The summed E-state index contributed by atoms with van der Waals surface area (Å²) >= 11 is 0. The van der Waals surface area contributed by atoms with E-state index in [-0.39, 0.29) is 23.0 Å². The zero-order valence-corrected chi connectivity index (χ0v) is 21.5. The van der Waals surface area contributed by atoms with Gasteiger partial charge >= 0.3 is 6.03 Å². The number of ether oxygens (including phenoxy) is 1. The summed E-state index contributed by atoms with van der Waals surface area (Å²) < 4.78 is 34.6. The van der Waals surface area contributed by atoms with Gasteiger partial charge in [-0.25, -0.2) is 17.9 Å². The number of fused-ring (bicyclic) bond motifs is 1. The van der Waals surface area contributed by atoms with Crippen molar-refractivity contribution >= 4 is 27.0 Å². The highest BCUT2D eigenvalue weighted by atomic mass is 32.2. The minimum Gasteiger partial charge on any atom is -0.489 e. The van der Waals surface area contributed by atoms with E-state index in [1.54, 1.807) is 29.2 Å². The molecule has 1 aromatic heterocycles. The van der Waals surface area contributed by atoms with E-state index in [4.69, 9.17) is 4.74 Å². The molecule has 9 heteroatoms. The fraction of sp³-hybridized carbons (Fsp3) is 0.407. The number of pyridine rings is 1. The number of likely N-dealkylation sites (tertiary alicyclic amines) is 2. The van der Waals surface area contributed by atoms with Gasteiger partial charge in [0, 0.05) is 42.3 Å². The zero-order chi connectivity index (χ0) is 25.3. The molecule has 2 saturated heterocycles. The van der Waals surface area contributed by atoms with Crippen LogP contribution in [0.4, 0.5) is 4.79 Å². The second-order valence-corrected chi connectivity index (χ2v) is 11.4. The summed E-state index contributed by atoms with van der Waals surface area (Å²) in [6, 6.07) is 15.9. The SMILES string of the molecule is Cc1cc(COc2ccc(S(=O)(=O)NC3CN(C(=O)N4CCCCC4)C3C)cc2)c2ccccc2n1. The normalized spacial score (nSPS) is 20.3. The van der Waals surface area contributed by atoms with E-state index in [1.807, 2.05) is 49.1 Å². The second kappa shape index (κ2) is 10.1. The minimum atomic E-state index is -3.71. The van der Waals surface area contributed by atoms with Crippen LogP contribution in [-0.4, -0.2) is 61.0 Å². The van der Waals surface area contributed by atoms with Crippen LogP contribution in [-0.2, 0) is 16.6 Å². The molecule has 2 aromatic carbocycles. The quantitative estimate of drug-likeness (QED) is 0.542. The Bertz CT molecular complexity index is 1350. The molecule has 0 saturated carbocycles. The first kappa shape index (κ1) is 24.5. The van der Waals surface area contributed by atoms with Crippen LogP contribution < -0.4 is 9.46 Å². The van der Waals surface area contributed by atoms with E-state index < -0.39 is 10.0 Å². The standard InChI is InChI=1S/C27H32N4O4S/c1-19-16-21(24-8-4-5-9-25(24)28-19)18-35-22-10-12-23(13-11-22)36(33,34)29-26-17-31(20(26)2)27(32)30-14-6-3-7-15-30/h4-5,8-13,16,20,26,29H,3,6-7,14-15,17-18H2,1-2H3. The fourth-order valence-corrected chi connectivity index (χ4v) is 6.22. The van der Waals surface area contributed by atoms with Gasteiger partial charge in [-0.15, -0.1) is 0 Å². The predicted molar refractivity (Wildman–Crippen MR) is 138 cm³/mol. The maximum absolute atomic E-state index is 13.0. The van der Waals surface area contributed by atoms with Gasteiger partial charge in [-0.05, 0) is 69.5 Å². The Morgan fingerprint density at radius 1 is 1.08 bits per heavy atom. The molecular weight excluding hydrogens is 476 g/mol. The zero-order valence-electron chi connectivity index (χ0n) is 20.7. The van der Waals surface area contributed by atoms with Gasteiger partial charge < -0.3 is 14.5 Å². The molecule has 2 unspecified atom stereocenters. The van der Waals surface area contributed by atoms with Gasteiger partial charge in [-0.1, -0.05) is 18.2 Å². The van der Waals surface area contributed by atoms with Crippen molar-refractivity contribution in [3.63, 3.8) is 0 Å². The topological polar surface area (TPSA) is 91.8 Å². The number of aryl methyl sites for hydroxylation is 1. The lowest BCUT2D eigenvalue weighted by atomic mass is 10.00. The molecule has 0 radical (unpaired) electrons. The summed E-state index contributed by atoms with van der Waals surface area (Å²) in [5, 5.41) is 1.04. The molecule has 3 aromatic rings. The number of amides is 2. The van der Waals surface area contributed by atoms with Crippen molar-refractivity contribution in [2.45, 2.75) is 56.7 Å². The largest absolute Gasteiger partial charge is 0.489 e. The number of sulfonamides is 1. The van der Waals surface area contributed by atoms with Crippen LogP contribution >= 0.6 is 0 Å². The Morgan fingerprint density at radius 2 is 1.81 bits per heavy atom. The van der Waals surface area contributed by atoms with Crippen molar-refractivity contribution in [3.05, 3.63) is 65.9 Å². The smallest absolute Gasteiger partial charge is 0.320 e. The van der Waals surface area contributed by atoms with E-state index in [2.05, 4.69) is 9.71 Å². The van der Waals surface area contributed by atoms with Gasteiger partial charge in [-0.2, -0.15) is 0 Å². The van der Waals surface area contributed by atoms with Crippen LogP contribution in [0.5, 0.6) is 5.75 Å². The summed E-state index contributed by atoms with van der Waals surface area (Å²) in [5.41, 5.74) is 2.87. The molecule has 1 N–H and O–H groups in total. The minimum absolute atomic E-state index is 0.0105. The first-order valence-electron chi connectivity index (χ1n) is 12.5. The molecule has 2 aliphatic rings. The summed E-state index contributed by atoms with van der Waals surface area (Å²) in [7, 11) is -3.71. The van der Waals surface area contributed by atoms with Crippen molar-refractivity contribution in [3.8, 4) is 5.75 Å². The lowest BCUT2D eigenvalue weighted by molar-refractivity contribution is 0.0654. The molecule has 36 heavy (non-hydrogen) atoms. The molecule has 2 fully saturated rings. The molecule has 3 heterocycles. The number of aromatic nitrogens is 1. The first-order chi connectivity index (χ1) is 17.3. The van der Waals surface area contributed by atoms with Crippen molar-refractivity contribution in [2.75, 3.05) is 19.6 Å². The Hall–Kier alpha value is -3.17. The molecule has 0 aliphatic carbocycles. The fourth-order valence-electron chi connectivity index (χ4n) is 4.92. The number of carbonyl (C=O) groups excluding carboxylic acids is 1. The Balaban J connectivity index is 1.19. The van der Waals surface area contributed by atoms with Gasteiger partial charge in [0.1, 0.15) is 12.4 Å². The van der Waals surface area contributed by atoms with E-state index in [0.717, 1.165) is 54.5 Å². The highest BCUT2D eigenvalue weighted by molar-refractivity contribution is 7.89. The first-order valence-corrected chi connectivity index (χ1v) is 14.0. The average Bonchev–Trinajstić information content (AvgIpc) is 2.89. The van der Waals surface area contributed by atoms with Crippen molar-refractivity contribution in [1.82, 2.24) is 19.5 Å². The number of urea groups is 1. The van der Waals surface area contributed by atoms with E-state index >= 15 is 0 Å². The summed E-state index contributed by atoms with van der Waals surface area (Å²) in [6.45, 7) is 6.15. The Morgan fingerprint density at radius 3 is 2.53 bits per heavy atom. The van der Waals surface area contributed by atoms with E-state index in [9.17, 15) is 13.2 Å². The third kappa shape index (κ3) is 5.03. The third-order valence-corrected chi connectivity index (χ3v) is 8.61. The number of hydrogen-bond acceptors (Lipinski definition) is 5. The number of para-hydroxylation sites is 1. The monoisotopic (exact) mass is 508 g/mol. The van der Waals surface area contributed by atoms with Gasteiger partial charge in [-0.3, -0.25) is 4.98 Å². The van der Waals surface area contributed by atoms with Crippen LogP contribution in [0.15, 0.2) is 59.5 Å². The number of piperidine rings is 1. The van der Waals surface area contributed by atoms with Gasteiger partial charge in [0.15, 0.2) is 0 Å². The molecule has 5 rings (SSSR count). The van der Waals surface area contributed by atoms with Crippen LogP contribution in [0.1, 0.15) is 37.4 Å². The van der Waals surface area contributed by atoms with Crippen LogP contribution in [0.3, 0.4) is 0 Å². The molecule has 0 bridgehead atoms. The molecule has 0 spiro atoms. The van der Waals surface area contributed by atoms with E-state index in [1.165, 1.54) is 0 Å². The predicted octanol–water partition coefficient (Wildman–Crippen LogP) is 4.08. The molecule has 2 aliphatic heterocycles. The van der Waals surface area contributed by atoms with Crippen molar-refractivity contribution < 1.29 is 17.9 Å². The second-order valence-electron chi connectivity index (χ2n) is 9.65. The maximum Gasteiger partial charge on any atom is 0.320 e. The number of nitrogens with one attached hydrogen (secondary N) is 1. The Kier molecular flexibility index (Phi) is 6.85. The van der Waals surface area contributed by atoms with Crippen LogP contribution in [0, 0.1) is 6.92 Å². The number of nitrogens with zero attached hydrogens (tertiary/aromatic N) is 3. The lowest BCUT2D eigenvalue weighted by Gasteiger charge is -2.48. The number of carbonyl (C=O) groups is 1. The lowest BCUT2D eigenvalue weighted by Crippen LogP contribution is -2.68. The van der Waals surface area contributed by atoms with E-state index in [0.29, 0.717) is 18.9 Å². The molecule has 8 nitrogen and oxygen atoms in total. The van der Waals surface area contributed by atoms with Crippen molar-refractivity contribution in [1.29, 1.82) is 0 Å². The van der Waals surface area contributed by atoms with Crippen LogP contribution in [0.25, 0.3) is 10.9 Å². The molecule has 190 valence electrons. The molecule has 2 amide bonds. The molecule has 2 atom stereocenters. The number of benzene rings is 2. The number of rotatable bonds is 6. The third-order valence-electron chi connectivity index (χ3n) is 7.10. The summed E-state index contributed by atoms with van der Waals surface area (Å²) in [5.74, 6) is 0.586. The van der Waals surface area contributed by atoms with Gasteiger partial charge in [0.2, 0.25) is 10.0 Å². The average molecular weight is 509 g/mol. The highest BCUT2D eigenvalue weighted by Crippen LogP contribution is 2.25. The number of hydrogen-bond donors (Lipinski definition) is 1. The van der Waals surface area contributed by atoms with Gasteiger partial charge in [0.25, 0.3) is 0 Å². The Labute approximate surface area is 212 Å². The summed E-state index contributed by atoms with van der Waals surface area (Å²) in [4.78, 5) is 21.1. The van der Waals surface area contributed by atoms with Gasteiger partial charge in [0.05, 0.1) is 16.5 Å². The maximum atomic E-state index is 13.0. The van der Waals surface area contributed by atoms with Crippen molar-refractivity contribution in [2.24, 2.45) is 0 Å². The molecular formula is C27H32N4O4S.